The van der Waals surface area contributed by atoms with Crippen LogP contribution in [0.25, 0.3) is 0 Å². The fourth-order valence-electron chi connectivity index (χ4n) is 2.64. The van der Waals surface area contributed by atoms with Gasteiger partial charge in [0, 0.05) is 13.0 Å². The van der Waals surface area contributed by atoms with Gasteiger partial charge in [0.1, 0.15) is 11.6 Å². The molecule has 0 radical (unpaired) electrons. The van der Waals surface area contributed by atoms with E-state index in [0.717, 1.165) is 31.1 Å². The summed E-state index contributed by atoms with van der Waals surface area (Å²) in [6.07, 6.45) is 1.43. The van der Waals surface area contributed by atoms with Gasteiger partial charge in [-0.3, -0.25) is 0 Å². The summed E-state index contributed by atoms with van der Waals surface area (Å²) in [6.45, 7) is 1.78. The van der Waals surface area contributed by atoms with Crippen LogP contribution in [0.2, 0.25) is 0 Å². The van der Waals surface area contributed by atoms with Gasteiger partial charge < -0.3 is 5.32 Å². The molecule has 0 unspecified atom stereocenters. The highest BCUT2D eigenvalue weighted by molar-refractivity contribution is 5.40. The maximum atomic E-state index is 13.7. The number of hydrogen-bond donors (Lipinski definition) is 1. The van der Waals surface area contributed by atoms with E-state index in [4.69, 9.17) is 0 Å². The Labute approximate surface area is 111 Å². The summed E-state index contributed by atoms with van der Waals surface area (Å²) in [5, 5.41) is 3.33. The first kappa shape index (κ1) is 12.3. The van der Waals surface area contributed by atoms with Crippen LogP contribution in [-0.4, -0.2) is 6.54 Å². The lowest BCUT2D eigenvalue weighted by atomic mass is 9.92. The molecule has 0 fully saturated rings. The minimum Gasteiger partial charge on any atom is -0.312 e. The van der Waals surface area contributed by atoms with Crippen molar-refractivity contribution < 1.29 is 8.78 Å². The molecule has 1 aliphatic heterocycles. The largest absolute Gasteiger partial charge is 0.312 e. The number of nitrogens with one attached hydrogen (secondary N) is 1. The van der Waals surface area contributed by atoms with Crippen molar-refractivity contribution in [3.8, 4) is 0 Å². The Kier molecular flexibility index (Phi) is 3.30. The fraction of sp³-hybridized carbons (Fsp3) is 0.250. The molecule has 2 aromatic rings. The summed E-state index contributed by atoms with van der Waals surface area (Å²) < 4.78 is 26.9. The Morgan fingerprint density at radius 3 is 2.84 bits per heavy atom. The second-order valence-electron chi connectivity index (χ2n) is 4.89. The van der Waals surface area contributed by atoms with Crippen molar-refractivity contribution in [3.63, 3.8) is 0 Å². The lowest BCUT2D eigenvalue weighted by Gasteiger charge is -2.20. The monoisotopic (exact) mass is 259 g/mol. The van der Waals surface area contributed by atoms with Crippen molar-refractivity contribution in [2.24, 2.45) is 0 Å². The Bertz CT molecular complexity index is 608. The summed E-state index contributed by atoms with van der Waals surface area (Å²) in [5.41, 5.74) is 4.04. The standard InChI is InChI=1S/C16H15F2N/c17-14-4-5-16(18)13(9-14)8-12-3-1-2-11-6-7-19-10-15(11)12/h1-5,9,19H,6-8,10H2. The maximum Gasteiger partial charge on any atom is 0.126 e. The minimum absolute atomic E-state index is 0.345. The molecule has 1 aliphatic rings. The van der Waals surface area contributed by atoms with E-state index >= 15 is 0 Å². The van der Waals surface area contributed by atoms with Crippen LogP contribution in [0.5, 0.6) is 0 Å². The quantitative estimate of drug-likeness (QED) is 0.873. The van der Waals surface area contributed by atoms with Crippen LogP contribution in [0, 0.1) is 11.6 Å². The summed E-state index contributed by atoms with van der Waals surface area (Å²) >= 11 is 0. The average Bonchev–Trinajstić information content (AvgIpc) is 2.43. The lowest BCUT2D eigenvalue weighted by molar-refractivity contribution is 0.587. The van der Waals surface area contributed by atoms with Gasteiger partial charge in [-0.25, -0.2) is 8.78 Å². The number of fused-ring (bicyclic) bond motifs is 1. The summed E-state index contributed by atoms with van der Waals surface area (Å²) in [6, 6.07) is 9.73. The van der Waals surface area contributed by atoms with E-state index in [1.165, 1.54) is 23.3 Å². The third-order valence-corrected chi connectivity index (χ3v) is 3.63. The van der Waals surface area contributed by atoms with Crippen LogP contribution in [0.3, 0.4) is 0 Å². The van der Waals surface area contributed by atoms with E-state index < -0.39 is 0 Å². The normalized spacial score (nSPS) is 14.2. The minimum atomic E-state index is -0.390. The number of rotatable bonds is 2. The topological polar surface area (TPSA) is 12.0 Å². The summed E-state index contributed by atoms with van der Waals surface area (Å²) in [7, 11) is 0. The highest BCUT2D eigenvalue weighted by Crippen LogP contribution is 2.22. The average molecular weight is 259 g/mol. The Balaban J connectivity index is 1.97. The van der Waals surface area contributed by atoms with Gasteiger partial charge in [-0.1, -0.05) is 18.2 Å². The molecule has 0 spiro atoms. The molecule has 0 bridgehead atoms. The zero-order valence-electron chi connectivity index (χ0n) is 10.5. The van der Waals surface area contributed by atoms with Crippen molar-refractivity contribution in [1.82, 2.24) is 5.32 Å². The molecule has 1 nitrogen and oxygen atoms in total. The van der Waals surface area contributed by atoms with Gasteiger partial charge >= 0.3 is 0 Å². The second-order valence-corrected chi connectivity index (χ2v) is 4.89. The molecule has 0 saturated heterocycles. The fourth-order valence-corrected chi connectivity index (χ4v) is 2.64. The van der Waals surface area contributed by atoms with E-state index in [9.17, 15) is 8.78 Å². The first-order chi connectivity index (χ1) is 9.24. The molecule has 0 aromatic heterocycles. The van der Waals surface area contributed by atoms with Crippen LogP contribution < -0.4 is 5.32 Å². The molecule has 2 aromatic carbocycles. The van der Waals surface area contributed by atoms with Crippen molar-refractivity contribution >= 4 is 0 Å². The first-order valence-corrected chi connectivity index (χ1v) is 6.48. The van der Waals surface area contributed by atoms with Crippen molar-refractivity contribution in [1.29, 1.82) is 0 Å². The van der Waals surface area contributed by atoms with Gasteiger partial charge in [-0.15, -0.1) is 0 Å². The molecule has 3 rings (SSSR count). The number of halogens is 2. The molecular weight excluding hydrogens is 244 g/mol. The molecule has 0 amide bonds. The molecule has 19 heavy (non-hydrogen) atoms. The Morgan fingerprint density at radius 2 is 1.95 bits per heavy atom. The van der Waals surface area contributed by atoms with Crippen LogP contribution in [0.1, 0.15) is 22.3 Å². The van der Waals surface area contributed by atoms with Crippen molar-refractivity contribution in [2.45, 2.75) is 19.4 Å². The van der Waals surface area contributed by atoms with Gasteiger partial charge in [0.05, 0.1) is 0 Å². The van der Waals surface area contributed by atoms with Gasteiger partial charge in [-0.2, -0.15) is 0 Å². The molecule has 3 heteroatoms. The maximum absolute atomic E-state index is 13.7. The van der Waals surface area contributed by atoms with Crippen LogP contribution in [-0.2, 0) is 19.4 Å². The lowest BCUT2D eigenvalue weighted by Crippen LogP contribution is -2.24. The first-order valence-electron chi connectivity index (χ1n) is 6.48. The number of benzene rings is 2. The smallest absolute Gasteiger partial charge is 0.126 e. The summed E-state index contributed by atoms with van der Waals surface area (Å²) in [5.74, 6) is -0.734. The van der Waals surface area contributed by atoms with E-state index in [2.05, 4.69) is 11.4 Å². The Morgan fingerprint density at radius 1 is 1.05 bits per heavy atom. The van der Waals surface area contributed by atoms with Crippen LogP contribution in [0.4, 0.5) is 8.78 Å². The molecular formula is C16H15F2N. The highest BCUT2D eigenvalue weighted by Gasteiger charge is 2.14. The number of hydrogen-bond acceptors (Lipinski definition) is 1. The highest BCUT2D eigenvalue weighted by atomic mass is 19.1. The zero-order chi connectivity index (χ0) is 13.2. The third-order valence-electron chi connectivity index (χ3n) is 3.63. The van der Waals surface area contributed by atoms with E-state index in [-0.39, 0.29) is 11.6 Å². The molecule has 0 saturated carbocycles. The Hall–Kier alpha value is -1.74. The summed E-state index contributed by atoms with van der Waals surface area (Å²) in [4.78, 5) is 0. The van der Waals surface area contributed by atoms with E-state index in [1.54, 1.807) is 0 Å². The van der Waals surface area contributed by atoms with Crippen LogP contribution in [0.15, 0.2) is 36.4 Å². The van der Waals surface area contributed by atoms with Crippen molar-refractivity contribution in [2.75, 3.05) is 6.54 Å². The van der Waals surface area contributed by atoms with Gasteiger partial charge in [0.15, 0.2) is 0 Å². The molecule has 1 N–H and O–H groups in total. The van der Waals surface area contributed by atoms with Crippen LogP contribution >= 0.6 is 0 Å². The van der Waals surface area contributed by atoms with Gasteiger partial charge in [0.25, 0.3) is 0 Å². The predicted octanol–water partition coefficient (Wildman–Crippen LogP) is 3.20. The SMILES string of the molecule is Fc1ccc(F)c(Cc2cccc3c2CNCC3)c1. The third kappa shape index (κ3) is 2.51. The van der Waals surface area contributed by atoms with Crippen molar-refractivity contribution in [3.05, 3.63) is 70.3 Å². The van der Waals surface area contributed by atoms with Gasteiger partial charge in [0.2, 0.25) is 0 Å². The molecule has 0 atom stereocenters. The molecule has 0 aliphatic carbocycles. The zero-order valence-corrected chi connectivity index (χ0v) is 10.5. The van der Waals surface area contributed by atoms with E-state index in [1.807, 2.05) is 12.1 Å². The molecule has 1 heterocycles. The van der Waals surface area contributed by atoms with E-state index in [0.29, 0.717) is 12.0 Å². The predicted molar refractivity (Wildman–Crippen MR) is 71.0 cm³/mol. The second kappa shape index (κ2) is 5.10. The van der Waals surface area contributed by atoms with Gasteiger partial charge in [-0.05, 0) is 53.4 Å². The molecule has 98 valence electrons.